The molecule has 1 fully saturated rings. The molecular weight excluding hydrogens is 325 g/mol. The van der Waals surface area contributed by atoms with E-state index in [9.17, 15) is 10.2 Å². The zero-order valence-electron chi connectivity index (χ0n) is 12.1. The molecule has 0 atom stereocenters. The van der Waals surface area contributed by atoms with E-state index in [4.69, 9.17) is 23.2 Å². The summed E-state index contributed by atoms with van der Waals surface area (Å²) in [5.41, 5.74) is 1.18. The van der Waals surface area contributed by atoms with Crippen LogP contribution in [0.15, 0.2) is 24.3 Å². The highest BCUT2D eigenvalue weighted by molar-refractivity contribution is 6.42. The van der Waals surface area contributed by atoms with Gasteiger partial charge in [0.05, 0.1) is 15.7 Å². The number of hydrogen-bond donors (Lipinski definition) is 2. The average Bonchev–Trinajstić information content (AvgIpc) is 2.78. The van der Waals surface area contributed by atoms with Crippen molar-refractivity contribution < 1.29 is 10.2 Å². The van der Waals surface area contributed by atoms with Crippen molar-refractivity contribution in [2.24, 2.45) is 0 Å². The van der Waals surface area contributed by atoms with Gasteiger partial charge in [-0.15, -0.1) is 0 Å². The Morgan fingerprint density at radius 3 is 2.27 bits per heavy atom. The van der Waals surface area contributed by atoms with E-state index in [0.29, 0.717) is 21.4 Å². The molecule has 118 valence electrons. The molecule has 0 saturated carbocycles. The van der Waals surface area contributed by atoms with Crippen molar-refractivity contribution in [3.8, 4) is 17.4 Å². The van der Waals surface area contributed by atoms with Crippen LogP contribution in [0, 0.1) is 0 Å². The Labute approximate surface area is 138 Å². The lowest BCUT2D eigenvalue weighted by Gasteiger charge is -2.33. The second kappa shape index (κ2) is 5.91. The number of likely N-dealkylation sites (N-methyl/N-ethyl adjacent to an activating group) is 1. The molecule has 0 aliphatic carbocycles. The van der Waals surface area contributed by atoms with Crippen LogP contribution < -0.4 is 4.90 Å². The van der Waals surface area contributed by atoms with Crippen LogP contribution in [0.2, 0.25) is 10.0 Å². The van der Waals surface area contributed by atoms with Crippen LogP contribution in [-0.2, 0) is 0 Å². The first-order valence-electron chi connectivity index (χ1n) is 7.00. The molecule has 1 aromatic carbocycles. The van der Waals surface area contributed by atoms with Crippen molar-refractivity contribution in [1.29, 1.82) is 0 Å². The third-order valence-corrected chi connectivity index (χ3v) is 4.68. The topological polar surface area (TPSA) is 51.9 Å². The summed E-state index contributed by atoms with van der Waals surface area (Å²) in [6, 6.07) is 6.51. The van der Waals surface area contributed by atoms with Gasteiger partial charge in [0, 0.05) is 32.2 Å². The Bertz CT molecular complexity index is 694. The van der Waals surface area contributed by atoms with E-state index in [0.717, 1.165) is 26.2 Å². The quantitative estimate of drug-likeness (QED) is 0.881. The van der Waals surface area contributed by atoms with E-state index < -0.39 is 0 Å². The lowest BCUT2D eigenvalue weighted by Crippen LogP contribution is -2.44. The third kappa shape index (κ3) is 2.72. The third-order valence-electron chi connectivity index (χ3n) is 3.94. The maximum absolute atomic E-state index is 10.5. The van der Waals surface area contributed by atoms with Crippen molar-refractivity contribution in [3.05, 3.63) is 34.3 Å². The van der Waals surface area contributed by atoms with E-state index in [-0.39, 0.29) is 11.8 Å². The summed E-state index contributed by atoms with van der Waals surface area (Å²) in [5.74, 6) is -0.0368. The lowest BCUT2D eigenvalue weighted by atomic mass is 10.3. The highest BCUT2D eigenvalue weighted by Gasteiger charge is 2.23. The second-order valence-corrected chi connectivity index (χ2v) is 6.25. The van der Waals surface area contributed by atoms with Crippen LogP contribution in [-0.4, -0.2) is 52.9 Å². The zero-order chi connectivity index (χ0) is 15.9. The Morgan fingerprint density at radius 1 is 0.955 bits per heavy atom. The molecule has 0 unspecified atom stereocenters. The van der Waals surface area contributed by atoms with Crippen LogP contribution in [0.3, 0.4) is 0 Å². The number of nitrogens with zero attached hydrogens (tertiary/aromatic N) is 3. The Balaban J connectivity index is 1.98. The van der Waals surface area contributed by atoms with Crippen molar-refractivity contribution in [3.63, 3.8) is 0 Å². The minimum Gasteiger partial charge on any atom is -0.494 e. The molecule has 1 saturated heterocycles. The number of aromatic hydroxyl groups is 2. The average molecular weight is 342 g/mol. The second-order valence-electron chi connectivity index (χ2n) is 5.44. The normalized spacial score (nSPS) is 16.2. The van der Waals surface area contributed by atoms with Gasteiger partial charge in [-0.2, -0.15) is 0 Å². The lowest BCUT2D eigenvalue weighted by molar-refractivity contribution is 0.311. The van der Waals surface area contributed by atoms with Crippen molar-refractivity contribution >= 4 is 28.9 Å². The summed E-state index contributed by atoms with van der Waals surface area (Å²) >= 11 is 11.9. The highest BCUT2D eigenvalue weighted by atomic mass is 35.5. The van der Waals surface area contributed by atoms with Crippen LogP contribution in [0.4, 0.5) is 5.69 Å². The predicted molar refractivity (Wildman–Crippen MR) is 88.8 cm³/mol. The molecule has 2 aromatic rings. The fourth-order valence-electron chi connectivity index (χ4n) is 2.63. The van der Waals surface area contributed by atoms with E-state index in [1.54, 1.807) is 24.3 Å². The van der Waals surface area contributed by atoms with Gasteiger partial charge in [-0.05, 0) is 25.2 Å². The van der Waals surface area contributed by atoms with Gasteiger partial charge >= 0.3 is 0 Å². The zero-order valence-corrected chi connectivity index (χ0v) is 13.6. The van der Waals surface area contributed by atoms with E-state index in [1.165, 1.54) is 4.57 Å². The molecule has 7 heteroatoms. The van der Waals surface area contributed by atoms with Crippen LogP contribution in [0.5, 0.6) is 11.8 Å². The number of piperazine rings is 1. The van der Waals surface area contributed by atoms with Gasteiger partial charge in [0.25, 0.3) is 0 Å². The molecule has 0 radical (unpaired) electrons. The molecule has 1 aliphatic heterocycles. The van der Waals surface area contributed by atoms with Crippen molar-refractivity contribution in [1.82, 2.24) is 9.47 Å². The predicted octanol–water partition coefficient (Wildman–Crippen LogP) is 2.95. The summed E-state index contributed by atoms with van der Waals surface area (Å²) in [7, 11) is 2.07. The largest absolute Gasteiger partial charge is 0.494 e. The summed E-state index contributed by atoms with van der Waals surface area (Å²) in [5, 5.41) is 21.5. The van der Waals surface area contributed by atoms with E-state index in [1.807, 2.05) is 0 Å². The summed E-state index contributed by atoms with van der Waals surface area (Å²) in [4.78, 5) is 4.28. The fraction of sp³-hybridized carbons (Fsp3) is 0.333. The monoisotopic (exact) mass is 341 g/mol. The van der Waals surface area contributed by atoms with Gasteiger partial charge in [-0.3, -0.25) is 0 Å². The van der Waals surface area contributed by atoms with Crippen molar-refractivity contribution in [2.45, 2.75) is 0 Å². The Hall–Kier alpha value is -1.56. The minimum absolute atomic E-state index is 0.000409. The standard InChI is InChI=1S/C15H17Cl2N3O2/c1-18-4-6-19(7-5-18)13-9-14(21)20(15(13)22)10-2-3-11(16)12(17)8-10/h2-3,8-9,21-22H,4-7H2,1H3. The van der Waals surface area contributed by atoms with E-state index in [2.05, 4.69) is 16.8 Å². The van der Waals surface area contributed by atoms with Gasteiger partial charge < -0.3 is 20.0 Å². The number of rotatable bonds is 2. The first-order valence-corrected chi connectivity index (χ1v) is 7.75. The van der Waals surface area contributed by atoms with Gasteiger partial charge in [-0.25, -0.2) is 4.57 Å². The number of anilines is 1. The molecule has 0 amide bonds. The first-order chi connectivity index (χ1) is 10.5. The Kier molecular flexibility index (Phi) is 4.12. The molecule has 2 N–H and O–H groups in total. The van der Waals surface area contributed by atoms with Crippen LogP contribution >= 0.6 is 23.2 Å². The smallest absolute Gasteiger partial charge is 0.223 e. The van der Waals surface area contributed by atoms with Crippen molar-refractivity contribution in [2.75, 3.05) is 38.1 Å². The molecule has 0 spiro atoms. The Morgan fingerprint density at radius 2 is 1.64 bits per heavy atom. The maximum Gasteiger partial charge on any atom is 0.223 e. The maximum atomic E-state index is 10.5. The van der Waals surface area contributed by atoms with Gasteiger partial charge in [0.1, 0.15) is 5.69 Å². The molecule has 5 nitrogen and oxygen atoms in total. The number of halogens is 2. The fourth-order valence-corrected chi connectivity index (χ4v) is 2.93. The van der Waals surface area contributed by atoms with Gasteiger partial charge in [0.15, 0.2) is 0 Å². The molecule has 0 bridgehead atoms. The first kappa shape index (κ1) is 15.3. The number of benzene rings is 1. The highest BCUT2D eigenvalue weighted by Crippen LogP contribution is 2.39. The summed E-state index contributed by atoms with van der Waals surface area (Å²) < 4.78 is 1.36. The molecule has 22 heavy (non-hydrogen) atoms. The minimum atomic E-state index is -0.0372. The summed E-state index contributed by atoms with van der Waals surface area (Å²) in [6.45, 7) is 3.43. The SMILES string of the molecule is CN1CCN(c2cc(O)n(-c3ccc(Cl)c(Cl)c3)c2O)CC1. The molecular formula is C15H17Cl2N3O2. The number of aromatic nitrogens is 1. The van der Waals surface area contributed by atoms with Crippen LogP contribution in [0.25, 0.3) is 5.69 Å². The van der Waals surface area contributed by atoms with Gasteiger partial charge in [-0.1, -0.05) is 23.2 Å². The summed E-state index contributed by atoms with van der Waals surface area (Å²) in [6.07, 6.45) is 0. The van der Waals surface area contributed by atoms with E-state index >= 15 is 0 Å². The van der Waals surface area contributed by atoms with Crippen LogP contribution in [0.1, 0.15) is 0 Å². The molecule has 2 heterocycles. The van der Waals surface area contributed by atoms with Gasteiger partial charge in [0.2, 0.25) is 11.8 Å². The molecule has 3 rings (SSSR count). The molecule has 1 aromatic heterocycles. The number of hydrogen-bond acceptors (Lipinski definition) is 4. The molecule has 1 aliphatic rings.